The van der Waals surface area contributed by atoms with E-state index in [9.17, 15) is 9.59 Å². The van der Waals surface area contributed by atoms with Gasteiger partial charge in [-0.15, -0.1) is 0 Å². The number of hydrogen-bond acceptors (Lipinski definition) is 5. The number of para-hydroxylation sites is 1. The van der Waals surface area contributed by atoms with Crippen LogP contribution in [0.4, 0.5) is 5.82 Å². The van der Waals surface area contributed by atoms with Gasteiger partial charge in [0.05, 0.1) is 26.4 Å². The lowest BCUT2D eigenvalue weighted by Gasteiger charge is -2.30. The van der Waals surface area contributed by atoms with Crippen molar-refractivity contribution in [3.05, 3.63) is 64.6 Å². The molecule has 1 aliphatic rings. The summed E-state index contributed by atoms with van der Waals surface area (Å²) in [5, 5.41) is 0.662. The van der Waals surface area contributed by atoms with Gasteiger partial charge in [-0.25, -0.2) is 9.78 Å². The molecule has 0 unspecified atom stereocenters. The Kier molecular flexibility index (Phi) is 4.50. The van der Waals surface area contributed by atoms with E-state index in [2.05, 4.69) is 9.88 Å². The maximum atomic E-state index is 12.9. The molecule has 7 nitrogen and oxygen atoms in total. The second kappa shape index (κ2) is 7.11. The Morgan fingerprint density at radius 3 is 2.63 bits per heavy atom. The minimum Gasteiger partial charge on any atom is -0.493 e. The van der Waals surface area contributed by atoms with Crippen molar-refractivity contribution in [2.45, 2.75) is 0 Å². The van der Waals surface area contributed by atoms with Crippen molar-refractivity contribution >= 4 is 22.7 Å². The highest BCUT2D eigenvalue weighted by molar-refractivity contribution is 5.97. The number of piperazine rings is 1. The zero-order valence-electron chi connectivity index (χ0n) is 15.0. The molecule has 0 spiro atoms. The van der Waals surface area contributed by atoms with E-state index < -0.39 is 5.63 Å². The van der Waals surface area contributed by atoms with Gasteiger partial charge in [-0.1, -0.05) is 18.2 Å². The monoisotopic (exact) mass is 366 g/mol. The number of aromatic amines is 1. The predicted octanol–water partition coefficient (Wildman–Crippen LogP) is 1.58. The molecule has 3 heterocycles. The molecule has 0 bridgehead atoms. The molecule has 7 heteroatoms. The standard InChI is InChI=1S/C20H19N3O4/c1-26-16-6-4-5-14-13-15(20(25)27-18(14)16)19(24)23-11-9-22(10-12-23)17-7-2-3-8-21-17/h2-8,13H,9-12H2,1H3/p+1. The number of anilines is 1. The van der Waals surface area contributed by atoms with E-state index >= 15 is 0 Å². The molecule has 0 atom stereocenters. The Hall–Kier alpha value is -3.35. The highest BCUT2D eigenvalue weighted by Crippen LogP contribution is 2.25. The van der Waals surface area contributed by atoms with Gasteiger partial charge in [0.15, 0.2) is 11.3 Å². The SMILES string of the molecule is COc1cccc2cc(C(=O)N3CCN(c4cccc[nH+]4)CC3)c(=O)oc12. The van der Waals surface area contributed by atoms with Gasteiger partial charge in [0.25, 0.3) is 11.7 Å². The van der Waals surface area contributed by atoms with Gasteiger partial charge in [0, 0.05) is 11.5 Å². The van der Waals surface area contributed by atoms with Crippen LogP contribution in [-0.2, 0) is 0 Å². The number of ether oxygens (including phenoxy) is 1. The molecule has 0 aliphatic carbocycles. The molecule has 0 saturated carbocycles. The van der Waals surface area contributed by atoms with Crippen LogP contribution in [0.2, 0.25) is 0 Å². The number of fused-ring (bicyclic) bond motifs is 1. The van der Waals surface area contributed by atoms with E-state index in [1.165, 1.54) is 7.11 Å². The largest absolute Gasteiger partial charge is 0.493 e. The molecule has 3 aromatic rings. The highest BCUT2D eigenvalue weighted by Gasteiger charge is 2.28. The van der Waals surface area contributed by atoms with Gasteiger partial charge in [-0.2, -0.15) is 0 Å². The number of nitrogens with zero attached hydrogens (tertiary/aromatic N) is 2. The van der Waals surface area contributed by atoms with Crippen molar-refractivity contribution in [3.8, 4) is 5.75 Å². The van der Waals surface area contributed by atoms with E-state index in [0.717, 1.165) is 5.82 Å². The van der Waals surface area contributed by atoms with Crippen LogP contribution in [0.25, 0.3) is 11.0 Å². The molecule has 138 valence electrons. The summed E-state index contributed by atoms with van der Waals surface area (Å²) in [5.74, 6) is 1.18. The van der Waals surface area contributed by atoms with Gasteiger partial charge in [0.2, 0.25) is 0 Å². The Morgan fingerprint density at radius 1 is 1.11 bits per heavy atom. The first-order valence-electron chi connectivity index (χ1n) is 8.79. The molecule has 1 amide bonds. The number of rotatable bonds is 3. The maximum Gasteiger partial charge on any atom is 0.349 e. The molecule has 1 aliphatic heterocycles. The average molecular weight is 366 g/mol. The summed E-state index contributed by atoms with van der Waals surface area (Å²) in [4.78, 5) is 32.3. The van der Waals surface area contributed by atoms with E-state index in [1.807, 2.05) is 24.4 Å². The lowest BCUT2D eigenvalue weighted by Crippen LogP contribution is -2.50. The van der Waals surface area contributed by atoms with Crippen molar-refractivity contribution in [1.82, 2.24) is 4.90 Å². The average Bonchev–Trinajstić information content (AvgIpc) is 2.73. The van der Waals surface area contributed by atoms with Gasteiger partial charge < -0.3 is 14.1 Å². The summed E-state index contributed by atoms with van der Waals surface area (Å²) < 4.78 is 10.6. The Morgan fingerprint density at radius 2 is 1.93 bits per heavy atom. The van der Waals surface area contributed by atoms with Gasteiger partial charge in [-0.3, -0.25) is 9.69 Å². The lowest BCUT2D eigenvalue weighted by molar-refractivity contribution is -0.364. The molecule has 2 aromatic heterocycles. The van der Waals surface area contributed by atoms with Crippen LogP contribution in [0.5, 0.6) is 5.75 Å². The van der Waals surface area contributed by atoms with E-state index in [4.69, 9.17) is 9.15 Å². The Balaban J connectivity index is 1.55. The van der Waals surface area contributed by atoms with E-state index in [1.54, 1.807) is 29.2 Å². The number of nitrogens with one attached hydrogen (secondary N) is 1. The molecule has 1 N–H and O–H groups in total. The normalized spacial score (nSPS) is 14.4. The lowest BCUT2D eigenvalue weighted by atomic mass is 10.1. The van der Waals surface area contributed by atoms with Gasteiger partial charge in [0.1, 0.15) is 18.7 Å². The number of carbonyl (C=O) groups is 1. The number of hydrogen-bond donors (Lipinski definition) is 0. The number of benzene rings is 1. The number of methoxy groups -OCH3 is 1. The predicted molar refractivity (Wildman–Crippen MR) is 100 cm³/mol. The topological polar surface area (TPSA) is 77.1 Å². The molecule has 27 heavy (non-hydrogen) atoms. The van der Waals surface area contributed by atoms with Crippen LogP contribution < -0.4 is 20.2 Å². The first-order valence-corrected chi connectivity index (χ1v) is 8.79. The van der Waals surface area contributed by atoms with E-state index in [0.29, 0.717) is 42.9 Å². The fourth-order valence-electron chi connectivity index (χ4n) is 3.33. The molecular weight excluding hydrogens is 346 g/mol. The zero-order chi connectivity index (χ0) is 18.8. The van der Waals surface area contributed by atoms with Crippen molar-refractivity contribution in [1.29, 1.82) is 0 Å². The van der Waals surface area contributed by atoms with Crippen LogP contribution in [-0.4, -0.2) is 44.1 Å². The third-order valence-electron chi connectivity index (χ3n) is 4.77. The summed E-state index contributed by atoms with van der Waals surface area (Å²) >= 11 is 0. The minimum atomic E-state index is -0.643. The van der Waals surface area contributed by atoms with Crippen molar-refractivity contribution < 1.29 is 18.9 Å². The van der Waals surface area contributed by atoms with Crippen molar-refractivity contribution in [3.63, 3.8) is 0 Å². The second-order valence-electron chi connectivity index (χ2n) is 6.35. The highest BCUT2D eigenvalue weighted by atomic mass is 16.5. The van der Waals surface area contributed by atoms with Crippen LogP contribution >= 0.6 is 0 Å². The maximum absolute atomic E-state index is 12.9. The van der Waals surface area contributed by atoms with Gasteiger partial charge in [-0.05, 0) is 18.2 Å². The third-order valence-corrected chi connectivity index (χ3v) is 4.77. The molecule has 4 rings (SSSR count). The molecule has 1 saturated heterocycles. The molecule has 1 fully saturated rings. The summed E-state index contributed by atoms with van der Waals surface area (Å²) in [6, 6.07) is 12.8. The Labute approximate surface area is 155 Å². The molecule has 0 radical (unpaired) electrons. The number of H-pyrrole nitrogens is 1. The molecule has 1 aromatic carbocycles. The van der Waals surface area contributed by atoms with Crippen molar-refractivity contribution in [2.24, 2.45) is 0 Å². The van der Waals surface area contributed by atoms with E-state index in [-0.39, 0.29) is 11.5 Å². The summed E-state index contributed by atoms with van der Waals surface area (Å²) in [6.45, 7) is 2.46. The second-order valence-corrected chi connectivity index (χ2v) is 6.35. The smallest absolute Gasteiger partial charge is 0.349 e. The summed E-state index contributed by atoms with van der Waals surface area (Å²) in [5.41, 5.74) is -0.239. The van der Waals surface area contributed by atoms with Crippen LogP contribution in [0.1, 0.15) is 10.4 Å². The number of pyridine rings is 1. The summed E-state index contributed by atoms with van der Waals surface area (Å²) in [7, 11) is 1.51. The van der Waals surface area contributed by atoms with Gasteiger partial charge >= 0.3 is 5.63 Å². The number of amides is 1. The summed E-state index contributed by atoms with van der Waals surface area (Å²) in [6.07, 6.45) is 1.88. The Bertz CT molecular complexity index is 1020. The first-order chi connectivity index (χ1) is 13.2. The van der Waals surface area contributed by atoms with Crippen LogP contribution in [0.15, 0.2) is 57.9 Å². The number of carbonyl (C=O) groups excluding carboxylic acids is 1. The fraction of sp³-hybridized carbons (Fsp3) is 0.250. The molecular formula is C20H20N3O4+. The fourth-order valence-corrected chi connectivity index (χ4v) is 3.33. The van der Waals surface area contributed by atoms with Crippen LogP contribution in [0.3, 0.4) is 0 Å². The quantitative estimate of drug-likeness (QED) is 0.658. The van der Waals surface area contributed by atoms with Crippen molar-refractivity contribution in [2.75, 3.05) is 38.2 Å². The van der Waals surface area contributed by atoms with Crippen LogP contribution in [0, 0.1) is 0 Å². The zero-order valence-corrected chi connectivity index (χ0v) is 15.0. The number of aromatic nitrogens is 1. The minimum absolute atomic E-state index is 0.0514. The first kappa shape index (κ1) is 17.1. The third kappa shape index (κ3) is 3.23.